The van der Waals surface area contributed by atoms with Gasteiger partial charge in [0.05, 0.1) is 24.1 Å². The molecule has 0 radical (unpaired) electrons. The van der Waals surface area contributed by atoms with Crippen LogP contribution in [0.1, 0.15) is 49.7 Å². The molecule has 1 aromatic heterocycles. The zero-order valence-corrected chi connectivity index (χ0v) is 18.4. The fourth-order valence-corrected chi connectivity index (χ4v) is 4.89. The van der Waals surface area contributed by atoms with E-state index >= 15 is 0 Å². The Balaban J connectivity index is 1.29. The lowest BCUT2D eigenvalue weighted by Crippen LogP contribution is -2.39. The first-order valence-electron chi connectivity index (χ1n) is 11.5. The molecule has 0 saturated heterocycles. The molecule has 2 N–H and O–H groups in total. The number of nitrogens with one attached hydrogen (secondary N) is 2. The van der Waals surface area contributed by atoms with Gasteiger partial charge in [-0.1, -0.05) is 6.07 Å². The summed E-state index contributed by atoms with van der Waals surface area (Å²) in [5.41, 5.74) is 4.07. The predicted molar refractivity (Wildman–Crippen MR) is 120 cm³/mol. The smallest absolute Gasteiger partial charge is 0.230 e. The average Bonchev–Trinajstić information content (AvgIpc) is 3.58. The molecule has 164 valence electrons. The van der Waals surface area contributed by atoms with Crippen molar-refractivity contribution in [1.82, 2.24) is 15.1 Å². The number of aryl methyl sites for hydroxylation is 2. The molecule has 3 aliphatic rings. The van der Waals surface area contributed by atoms with Crippen molar-refractivity contribution in [2.75, 3.05) is 16.8 Å². The average molecular weight is 422 g/mol. The molecule has 0 atom stereocenters. The molecule has 1 aliphatic heterocycles. The Bertz CT molecular complexity index is 1000. The zero-order chi connectivity index (χ0) is 21.5. The second-order valence-corrected chi connectivity index (χ2v) is 9.45. The minimum Gasteiger partial charge on any atom is -0.356 e. The van der Waals surface area contributed by atoms with E-state index in [4.69, 9.17) is 0 Å². The summed E-state index contributed by atoms with van der Waals surface area (Å²) in [4.78, 5) is 27.5. The molecule has 2 aromatic rings. The van der Waals surface area contributed by atoms with Gasteiger partial charge in [0.1, 0.15) is 5.82 Å². The molecule has 0 bridgehead atoms. The van der Waals surface area contributed by atoms with Crippen molar-refractivity contribution >= 4 is 29.0 Å². The van der Waals surface area contributed by atoms with Crippen LogP contribution in [0.4, 0.5) is 17.2 Å². The summed E-state index contributed by atoms with van der Waals surface area (Å²) in [6.07, 6.45) is 7.68. The third kappa shape index (κ3) is 4.05. The first-order chi connectivity index (χ1) is 15.0. The second kappa shape index (κ2) is 8.02. The highest BCUT2D eigenvalue weighted by molar-refractivity contribution is 5.99. The van der Waals surface area contributed by atoms with Gasteiger partial charge < -0.3 is 15.5 Å². The van der Waals surface area contributed by atoms with Crippen LogP contribution >= 0.6 is 0 Å². The summed E-state index contributed by atoms with van der Waals surface area (Å²) in [5.74, 6) is 2.13. The molecule has 0 spiro atoms. The zero-order valence-electron chi connectivity index (χ0n) is 18.4. The third-order valence-corrected chi connectivity index (χ3v) is 7.01. The summed E-state index contributed by atoms with van der Waals surface area (Å²) in [7, 11) is 1.92. The molecule has 2 aliphatic carbocycles. The molecule has 7 nitrogen and oxygen atoms in total. The van der Waals surface area contributed by atoms with E-state index in [0.29, 0.717) is 12.5 Å². The topological polar surface area (TPSA) is 79.3 Å². The van der Waals surface area contributed by atoms with E-state index in [1.54, 1.807) is 0 Å². The normalized spacial score (nSPS) is 22.7. The molecule has 0 unspecified atom stereocenters. The maximum absolute atomic E-state index is 13.6. The first-order valence-corrected chi connectivity index (χ1v) is 11.5. The number of carbonyl (C=O) groups is 2. The minimum atomic E-state index is 0.0303. The second-order valence-electron chi connectivity index (χ2n) is 9.45. The van der Waals surface area contributed by atoms with Gasteiger partial charge in [-0.25, -0.2) is 0 Å². The Labute approximate surface area is 183 Å². The van der Waals surface area contributed by atoms with Gasteiger partial charge in [-0.15, -0.1) is 0 Å². The lowest BCUT2D eigenvalue weighted by molar-refractivity contribution is -0.124. The standard InChI is InChI=1S/C24H31N5O2/c1-15-3-10-21-20(11-15)27-22-19(13-26-28(22)2)14-29(21)24(31)18-6-4-16(5-7-18)12-25-23(30)17-8-9-17/h3,10-11,13,16-18,27H,4-9,12,14H2,1-2H3,(H,25,30). The molecular weight excluding hydrogens is 390 g/mol. The van der Waals surface area contributed by atoms with Crippen LogP contribution in [0.15, 0.2) is 24.4 Å². The Hall–Kier alpha value is -2.83. The van der Waals surface area contributed by atoms with Crippen LogP contribution in [0.3, 0.4) is 0 Å². The number of aromatic nitrogens is 2. The summed E-state index contributed by atoms with van der Waals surface area (Å²) < 4.78 is 1.83. The third-order valence-electron chi connectivity index (χ3n) is 7.01. The summed E-state index contributed by atoms with van der Waals surface area (Å²) in [5, 5.41) is 11.0. The van der Waals surface area contributed by atoms with Gasteiger partial charge in [-0.2, -0.15) is 5.10 Å². The van der Waals surface area contributed by atoms with E-state index in [9.17, 15) is 9.59 Å². The van der Waals surface area contributed by atoms with Gasteiger partial charge in [-0.05, 0) is 69.1 Å². The van der Waals surface area contributed by atoms with Crippen LogP contribution in [0.25, 0.3) is 0 Å². The van der Waals surface area contributed by atoms with Crippen molar-refractivity contribution in [1.29, 1.82) is 0 Å². The molecule has 31 heavy (non-hydrogen) atoms. The van der Waals surface area contributed by atoms with Crippen LogP contribution in [0.5, 0.6) is 0 Å². The fraction of sp³-hybridized carbons (Fsp3) is 0.542. The van der Waals surface area contributed by atoms with Crippen molar-refractivity contribution in [3.63, 3.8) is 0 Å². The van der Waals surface area contributed by atoms with Gasteiger partial charge in [0.2, 0.25) is 11.8 Å². The molecule has 1 aromatic carbocycles. The molecule has 2 amide bonds. The van der Waals surface area contributed by atoms with Crippen molar-refractivity contribution in [3.05, 3.63) is 35.5 Å². The molecule has 5 rings (SSSR count). The van der Waals surface area contributed by atoms with Crippen LogP contribution < -0.4 is 15.5 Å². The Morgan fingerprint density at radius 1 is 1.13 bits per heavy atom. The maximum atomic E-state index is 13.6. The van der Waals surface area contributed by atoms with Gasteiger partial charge in [0.15, 0.2) is 0 Å². The Kier molecular flexibility index (Phi) is 5.20. The Morgan fingerprint density at radius 3 is 2.61 bits per heavy atom. The fourth-order valence-electron chi connectivity index (χ4n) is 4.89. The summed E-state index contributed by atoms with van der Waals surface area (Å²) >= 11 is 0. The van der Waals surface area contributed by atoms with E-state index in [0.717, 1.165) is 73.4 Å². The van der Waals surface area contributed by atoms with Crippen LogP contribution in [0.2, 0.25) is 0 Å². The van der Waals surface area contributed by atoms with E-state index in [1.165, 1.54) is 0 Å². The van der Waals surface area contributed by atoms with Gasteiger partial charge in [0, 0.05) is 31.0 Å². The van der Waals surface area contributed by atoms with Crippen LogP contribution in [-0.4, -0.2) is 28.1 Å². The first kappa shape index (κ1) is 20.1. The summed E-state index contributed by atoms with van der Waals surface area (Å²) in [6.45, 7) is 3.35. The molecule has 7 heteroatoms. The molecule has 2 heterocycles. The minimum absolute atomic E-state index is 0.0303. The number of benzene rings is 1. The van der Waals surface area contributed by atoms with E-state index in [1.807, 2.05) is 28.9 Å². The number of nitrogens with zero attached hydrogens (tertiary/aromatic N) is 3. The highest BCUT2D eigenvalue weighted by atomic mass is 16.2. The highest BCUT2D eigenvalue weighted by Crippen LogP contribution is 2.39. The lowest BCUT2D eigenvalue weighted by atomic mass is 9.81. The number of fused-ring (bicyclic) bond motifs is 2. The predicted octanol–water partition coefficient (Wildman–Crippen LogP) is 3.65. The van der Waals surface area contributed by atoms with E-state index in [-0.39, 0.29) is 23.7 Å². The monoisotopic (exact) mass is 421 g/mol. The lowest BCUT2D eigenvalue weighted by Gasteiger charge is -2.32. The number of rotatable bonds is 4. The number of amides is 2. The van der Waals surface area contributed by atoms with Crippen molar-refractivity contribution in [2.24, 2.45) is 24.8 Å². The SMILES string of the molecule is Cc1ccc2c(c1)Nc1c(cnn1C)CN2C(=O)C1CCC(CNC(=O)C2CC2)CC1. The number of carbonyl (C=O) groups excluding carboxylic acids is 2. The quantitative estimate of drug-likeness (QED) is 0.790. The molecular formula is C24H31N5O2. The number of anilines is 3. The Morgan fingerprint density at radius 2 is 1.87 bits per heavy atom. The number of hydrogen-bond acceptors (Lipinski definition) is 4. The van der Waals surface area contributed by atoms with Gasteiger partial charge in [-0.3, -0.25) is 14.3 Å². The largest absolute Gasteiger partial charge is 0.356 e. The van der Waals surface area contributed by atoms with Gasteiger partial charge in [0.25, 0.3) is 0 Å². The molecule has 2 fully saturated rings. The van der Waals surface area contributed by atoms with Crippen molar-refractivity contribution in [3.8, 4) is 0 Å². The van der Waals surface area contributed by atoms with Crippen LogP contribution in [-0.2, 0) is 23.2 Å². The summed E-state index contributed by atoms with van der Waals surface area (Å²) in [6, 6.07) is 6.21. The van der Waals surface area contributed by atoms with Crippen molar-refractivity contribution < 1.29 is 9.59 Å². The highest BCUT2D eigenvalue weighted by Gasteiger charge is 2.34. The molecule has 2 saturated carbocycles. The van der Waals surface area contributed by atoms with E-state index in [2.05, 4.69) is 34.8 Å². The van der Waals surface area contributed by atoms with E-state index < -0.39 is 0 Å². The maximum Gasteiger partial charge on any atom is 0.230 e. The van der Waals surface area contributed by atoms with Crippen molar-refractivity contribution in [2.45, 2.75) is 52.0 Å². The van der Waals surface area contributed by atoms with Gasteiger partial charge >= 0.3 is 0 Å². The number of hydrogen-bond donors (Lipinski definition) is 2. The van der Waals surface area contributed by atoms with Crippen LogP contribution in [0, 0.1) is 24.7 Å².